The summed E-state index contributed by atoms with van der Waals surface area (Å²) in [5.74, 6) is 0. The predicted octanol–water partition coefficient (Wildman–Crippen LogP) is 4.17. The summed E-state index contributed by atoms with van der Waals surface area (Å²) in [6.45, 7) is 1.26. The standard InChI is InChI=1S/C16H18BrNO2S/c17-15-9-10-16(14-8-4-3-7-13(14)15)21(19,20)18-11-5-1-2-6-12-18/h3-4,7-10H,1-2,5-6,11-12H2. The lowest BCUT2D eigenvalue weighted by Crippen LogP contribution is -2.32. The van der Waals surface area contributed by atoms with Crippen LogP contribution in [0.15, 0.2) is 45.8 Å². The van der Waals surface area contributed by atoms with E-state index in [1.54, 1.807) is 10.4 Å². The fourth-order valence-corrected chi connectivity index (χ4v) is 5.07. The lowest BCUT2D eigenvalue weighted by atomic mass is 10.1. The zero-order valence-electron chi connectivity index (χ0n) is 11.8. The van der Waals surface area contributed by atoms with E-state index >= 15 is 0 Å². The smallest absolute Gasteiger partial charge is 0.207 e. The molecule has 0 aromatic heterocycles. The molecule has 3 rings (SSSR count). The maximum Gasteiger partial charge on any atom is 0.243 e. The second-order valence-corrected chi connectivity index (χ2v) is 8.17. The highest BCUT2D eigenvalue weighted by Crippen LogP contribution is 2.31. The van der Waals surface area contributed by atoms with E-state index in [1.165, 1.54) is 0 Å². The predicted molar refractivity (Wildman–Crippen MR) is 88.9 cm³/mol. The average Bonchev–Trinajstić information content (AvgIpc) is 2.77. The molecule has 0 amide bonds. The van der Waals surface area contributed by atoms with Crippen molar-refractivity contribution in [3.63, 3.8) is 0 Å². The molecular weight excluding hydrogens is 350 g/mol. The van der Waals surface area contributed by atoms with Gasteiger partial charge in [0.05, 0.1) is 4.90 Å². The Balaban J connectivity index is 2.12. The van der Waals surface area contributed by atoms with Gasteiger partial charge in [0.15, 0.2) is 0 Å². The minimum absolute atomic E-state index is 0.420. The summed E-state index contributed by atoms with van der Waals surface area (Å²) in [5, 5.41) is 1.73. The first-order valence-corrected chi connectivity index (χ1v) is 9.51. The number of rotatable bonds is 2. The summed E-state index contributed by atoms with van der Waals surface area (Å²) >= 11 is 3.50. The topological polar surface area (TPSA) is 37.4 Å². The van der Waals surface area contributed by atoms with Crippen LogP contribution in [0, 0.1) is 0 Å². The molecule has 112 valence electrons. The normalized spacial score (nSPS) is 17.8. The molecule has 0 aliphatic carbocycles. The third kappa shape index (κ3) is 2.87. The van der Waals surface area contributed by atoms with Gasteiger partial charge in [-0.05, 0) is 30.4 Å². The van der Waals surface area contributed by atoms with E-state index < -0.39 is 10.0 Å². The lowest BCUT2D eigenvalue weighted by molar-refractivity contribution is 0.424. The molecule has 1 saturated heterocycles. The summed E-state index contributed by atoms with van der Waals surface area (Å²) in [6.07, 6.45) is 4.14. The summed E-state index contributed by atoms with van der Waals surface area (Å²) < 4.78 is 28.5. The van der Waals surface area contributed by atoms with Gasteiger partial charge in [-0.15, -0.1) is 0 Å². The molecule has 1 aliphatic heterocycles. The van der Waals surface area contributed by atoms with Gasteiger partial charge in [-0.2, -0.15) is 4.31 Å². The van der Waals surface area contributed by atoms with Crippen molar-refractivity contribution in [3.05, 3.63) is 40.9 Å². The van der Waals surface area contributed by atoms with Crippen LogP contribution in [0.1, 0.15) is 25.7 Å². The van der Waals surface area contributed by atoms with Crippen molar-refractivity contribution in [2.45, 2.75) is 30.6 Å². The fraction of sp³-hybridized carbons (Fsp3) is 0.375. The van der Waals surface area contributed by atoms with Gasteiger partial charge in [-0.25, -0.2) is 8.42 Å². The van der Waals surface area contributed by atoms with Crippen LogP contribution in [-0.4, -0.2) is 25.8 Å². The van der Waals surface area contributed by atoms with E-state index in [4.69, 9.17) is 0 Å². The molecule has 0 atom stereocenters. The van der Waals surface area contributed by atoms with E-state index in [1.807, 2.05) is 30.3 Å². The van der Waals surface area contributed by atoms with Crippen molar-refractivity contribution in [3.8, 4) is 0 Å². The monoisotopic (exact) mass is 367 g/mol. The van der Waals surface area contributed by atoms with Crippen LogP contribution < -0.4 is 0 Å². The molecule has 3 nitrogen and oxygen atoms in total. The second kappa shape index (κ2) is 6.07. The molecule has 0 spiro atoms. The quantitative estimate of drug-likeness (QED) is 0.798. The van der Waals surface area contributed by atoms with Gasteiger partial charge in [0.25, 0.3) is 0 Å². The second-order valence-electron chi connectivity index (χ2n) is 5.41. The van der Waals surface area contributed by atoms with Gasteiger partial charge >= 0.3 is 0 Å². The molecule has 2 aromatic carbocycles. The van der Waals surface area contributed by atoms with E-state index in [9.17, 15) is 8.42 Å². The molecular formula is C16H18BrNO2S. The molecule has 1 aliphatic rings. The van der Waals surface area contributed by atoms with Crippen molar-refractivity contribution >= 4 is 36.7 Å². The van der Waals surface area contributed by atoms with E-state index in [-0.39, 0.29) is 0 Å². The van der Waals surface area contributed by atoms with Gasteiger partial charge in [0.1, 0.15) is 0 Å². The zero-order valence-corrected chi connectivity index (χ0v) is 14.2. The molecule has 1 heterocycles. The summed E-state index contributed by atoms with van der Waals surface area (Å²) in [5.41, 5.74) is 0. The maximum absolute atomic E-state index is 13.0. The van der Waals surface area contributed by atoms with Crippen LogP contribution in [0.4, 0.5) is 0 Å². The van der Waals surface area contributed by atoms with Gasteiger partial charge in [0.2, 0.25) is 10.0 Å². The van der Waals surface area contributed by atoms with Crippen molar-refractivity contribution in [2.75, 3.05) is 13.1 Å². The van der Waals surface area contributed by atoms with E-state index in [0.717, 1.165) is 40.9 Å². The van der Waals surface area contributed by atoms with Gasteiger partial charge < -0.3 is 0 Å². The molecule has 1 fully saturated rings. The number of halogens is 1. The molecule has 21 heavy (non-hydrogen) atoms. The molecule has 0 unspecified atom stereocenters. The van der Waals surface area contributed by atoms with Crippen LogP contribution in [0.3, 0.4) is 0 Å². The lowest BCUT2D eigenvalue weighted by Gasteiger charge is -2.21. The third-order valence-corrected chi connectivity index (χ3v) is 6.66. The van der Waals surface area contributed by atoms with Crippen molar-refractivity contribution in [1.29, 1.82) is 0 Å². The van der Waals surface area contributed by atoms with E-state index in [0.29, 0.717) is 18.0 Å². The number of benzene rings is 2. The third-order valence-electron chi connectivity index (χ3n) is 4.01. The maximum atomic E-state index is 13.0. The Morgan fingerprint density at radius 1 is 0.857 bits per heavy atom. The Bertz CT molecular complexity index is 750. The highest BCUT2D eigenvalue weighted by molar-refractivity contribution is 9.10. The minimum atomic E-state index is -3.42. The number of hydrogen-bond donors (Lipinski definition) is 0. The Labute approximate surface area is 134 Å². The highest BCUT2D eigenvalue weighted by Gasteiger charge is 2.26. The van der Waals surface area contributed by atoms with Gasteiger partial charge in [0, 0.05) is 22.9 Å². The Morgan fingerprint density at radius 3 is 2.14 bits per heavy atom. The SMILES string of the molecule is O=S(=O)(c1ccc(Br)c2ccccc12)N1CCCCCC1. The highest BCUT2D eigenvalue weighted by atomic mass is 79.9. The number of hydrogen-bond acceptors (Lipinski definition) is 2. The summed E-state index contributed by atoms with van der Waals surface area (Å²) in [7, 11) is -3.42. The summed E-state index contributed by atoms with van der Waals surface area (Å²) in [6, 6.07) is 11.2. The fourth-order valence-electron chi connectivity index (χ4n) is 2.88. The average molecular weight is 368 g/mol. The van der Waals surface area contributed by atoms with Crippen LogP contribution in [0.5, 0.6) is 0 Å². The minimum Gasteiger partial charge on any atom is -0.207 e. The van der Waals surface area contributed by atoms with Crippen LogP contribution in [0.25, 0.3) is 10.8 Å². The van der Waals surface area contributed by atoms with Crippen LogP contribution >= 0.6 is 15.9 Å². The van der Waals surface area contributed by atoms with Crippen LogP contribution in [-0.2, 0) is 10.0 Å². The first kappa shape index (κ1) is 15.0. The Kier molecular flexibility index (Phi) is 4.33. The first-order chi connectivity index (χ1) is 10.1. The van der Waals surface area contributed by atoms with Crippen molar-refractivity contribution in [2.24, 2.45) is 0 Å². The molecule has 0 bridgehead atoms. The number of fused-ring (bicyclic) bond motifs is 1. The Morgan fingerprint density at radius 2 is 1.48 bits per heavy atom. The molecule has 0 radical (unpaired) electrons. The molecule has 2 aromatic rings. The largest absolute Gasteiger partial charge is 0.243 e. The summed E-state index contributed by atoms with van der Waals surface area (Å²) in [4.78, 5) is 0.420. The molecule has 0 saturated carbocycles. The molecule has 5 heteroatoms. The van der Waals surface area contributed by atoms with Crippen molar-refractivity contribution in [1.82, 2.24) is 4.31 Å². The Hall–Kier alpha value is -0.910. The number of sulfonamides is 1. The zero-order chi connectivity index (χ0) is 14.9. The van der Waals surface area contributed by atoms with Crippen molar-refractivity contribution < 1.29 is 8.42 Å². The van der Waals surface area contributed by atoms with Gasteiger partial charge in [-0.3, -0.25) is 0 Å². The van der Waals surface area contributed by atoms with E-state index in [2.05, 4.69) is 15.9 Å². The number of nitrogens with zero attached hydrogens (tertiary/aromatic N) is 1. The molecule has 0 N–H and O–H groups in total. The van der Waals surface area contributed by atoms with Gasteiger partial charge in [-0.1, -0.05) is 53.0 Å². The first-order valence-electron chi connectivity index (χ1n) is 7.28. The van der Waals surface area contributed by atoms with Crippen LogP contribution in [0.2, 0.25) is 0 Å².